The highest BCUT2D eigenvalue weighted by Crippen LogP contribution is 2.22. The predicted octanol–water partition coefficient (Wildman–Crippen LogP) is 3.72. The number of benzene rings is 2. The number of ether oxygens (including phenoxy) is 1. The van der Waals surface area contributed by atoms with E-state index < -0.39 is 6.09 Å². The molecule has 0 saturated heterocycles. The fourth-order valence-corrected chi connectivity index (χ4v) is 3.19. The lowest BCUT2D eigenvalue weighted by Gasteiger charge is -2.18. The van der Waals surface area contributed by atoms with Crippen LogP contribution in [0.4, 0.5) is 16.4 Å². The van der Waals surface area contributed by atoms with Crippen molar-refractivity contribution in [1.29, 1.82) is 0 Å². The third-order valence-corrected chi connectivity index (χ3v) is 4.82. The van der Waals surface area contributed by atoms with E-state index in [4.69, 9.17) is 4.74 Å². The lowest BCUT2D eigenvalue weighted by Crippen LogP contribution is -2.30. The van der Waals surface area contributed by atoms with E-state index in [2.05, 4.69) is 20.3 Å². The molecule has 1 N–H and O–H groups in total. The van der Waals surface area contributed by atoms with Crippen LogP contribution in [-0.4, -0.2) is 45.2 Å². The quantitative estimate of drug-likeness (QED) is 0.500. The number of imidazole rings is 1. The molecule has 9 nitrogen and oxygen atoms in total. The molecule has 0 aliphatic heterocycles. The Morgan fingerprint density at radius 2 is 1.72 bits per heavy atom. The number of fused-ring (bicyclic) bond motifs is 1. The first kappa shape index (κ1) is 21.0. The van der Waals surface area contributed by atoms with Crippen LogP contribution in [0.5, 0.6) is 0 Å². The fraction of sp³-hybridized carbons (Fsp3) is 0.174. The number of hydrogen-bond acceptors (Lipinski definition) is 6. The number of nitrogens with zero attached hydrogens (tertiary/aromatic N) is 5. The van der Waals surface area contributed by atoms with E-state index in [0.29, 0.717) is 17.0 Å². The molecule has 4 aromatic rings. The van der Waals surface area contributed by atoms with Gasteiger partial charge in [0, 0.05) is 18.3 Å². The normalized spacial score (nSPS) is 10.7. The second-order valence-corrected chi connectivity index (χ2v) is 6.92. The zero-order valence-electron chi connectivity index (χ0n) is 17.7. The largest absolute Gasteiger partial charge is 0.450 e. The van der Waals surface area contributed by atoms with E-state index in [0.717, 1.165) is 11.3 Å². The van der Waals surface area contributed by atoms with E-state index in [1.807, 2.05) is 60.7 Å². The topological polar surface area (TPSA) is 102 Å². The van der Waals surface area contributed by atoms with Crippen LogP contribution in [0, 0.1) is 0 Å². The number of rotatable bonds is 6. The average molecular weight is 430 g/mol. The number of nitrogens with one attached hydrogen (secondary N) is 1. The predicted molar refractivity (Wildman–Crippen MR) is 121 cm³/mol. The van der Waals surface area contributed by atoms with Gasteiger partial charge in [0.25, 0.3) is 0 Å². The first-order valence-electron chi connectivity index (χ1n) is 10.1. The average Bonchev–Trinajstić information content (AvgIpc) is 3.15. The van der Waals surface area contributed by atoms with Gasteiger partial charge >= 0.3 is 6.09 Å². The SMILES string of the molecule is CCOC(=O)Nc1nc2cnc(-c3ccccc3)nc2n1CC(=O)N(C)c1ccccc1. The summed E-state index contributed by atoms with van der Waals surface area (Å²) < 4.78 is 6.53. The summed E-state index contributed by atoms with van der Waals surface area (Å²) in [6, 6.07) is 18.8. The Labute approximate surface area is 184 Å². The van der Waals surface area contributed by atoms with E-state index in [1.165, 1.54) is 0 Å². The lowest BCUT2D eigenvalue weighted by atomic mass is 10.2. The molecule has 0 aliphatic carbocycles. The summed E-state index contributed by atoms with van der Waals surface area (Å²) in [5.41, 5.74) is 2.46. The molecule has 0 spiro atoms. The van der Waals surface area contributed by atoms with Crippen molar-refractivity contribution in [1.82, 2.24) is 19.5 Å². The Bertz CT molecular complexity index is 1240. The Balaban J connectivity index is 1.74. The van der Waals surface area contributed by atoms with Gasteiger partial charge in [0.05, 0.1) is 12.8 Å². The van der Waals surface area contributed by atoms with Crippen molar-refractivity contribution < 1.29 is 14.3 Å². The molecule has 9 heteroatoms. The number of hydrogen-bond donors (Lipinski definition) is 1. The van der Waals surface area contributed by atoms with Gasteiger partial charge in [-0.25, -0.2) is 19.7 Å². The van der Waals surface area contributed by atoms with Gasteiger partial charge in [0.1, 0.15) is 12.1 Å². The summed E-state index contributed by atoms with van der Waals surface area (Å²) in [5, 5.41) is 2.60. The molecular weight excluding hydrogens is 408 g/mol. The van der Waals surface area contributed by atoms with Crippen molar-refractivity contribution in [2.75, 3.05) is 23.9 Å². The van der Waals surface area contributed by atoms with E-state index in [9.17, 15) is 9.59 Å². The monoisotopic (exact) mass is 430 g/mol. The molecule has 0 unspecified atom stereocenters. The van der Waals surface area contributed by atoms with Gasteiger partial charge in [-0.2, -0.15) is 0 Å². The molecule has 0 saturated carbocycles. The van der Waals surface area contributed by atoms with Crippen LogP contribution in [0.2, 0.25) is 0 Å². The van der Waals surface area contributed by atoms with Gasteiger partial charge in [-0.3, -0.25) is 14.7 Å². The maximum atomic E-state index is 13.1. The molecule has 2 aromatic heterocycles. The summed E-state index contributed by atoms with van der Waals surface area (Å²) in [6.07, 6.45) is 0.909. The minimum absolute atomic E-state index is 0.0884. The van der Waals surface area contributed by atoms with Crippen LogP contribution in [0.3, 0.4) is 0 Å². The summed E-state index contributed by atoms with van der Waals surface area (Å²) in [5.74, 6) is 0.445. The molecule has 2 aromatic carbocycles. The van der Waals surface area contributed by atoms with Gasteiger partial charge in [-0.1, -0.05) is 48.5 Å². The fourth-order valence-electron chi connectivity index (χ4n) is 3.19. The molecule has 32 heavy (non-hydrogen) atoms. The van der Waals surface area contributed by atoms with E-state index in [-0.39, 0.29) is 25.0 Å². The third kappa shape index (κ3) is 4.41. The zero-order valence-corrected chi connectivity index (χ0v) is 17.7. The highest BCUT2D eigenvalue weighted by molar-refractivity contribution is 5.94. The Hall–Kier alpha value is -4.27. The minimum atomic E-state index is -0.663. The van der Waals surface area contributed by atoms with Crippen molar-refractivity contribution >= 4 is 34.8 Å². The van der Waals surface area contributed by atoms with Crippen LogP contribution < -0.4 is 10.2 Å². The van der Waals surface area contributed by atoms with Gasteiger partial charge in [-0.05, 0) is 19.1 Å². The highest BCUT2D eigenvalue weighted by atomic mass is 16.5. The van der Waals surface area contributed by atoms with Crippen LogP contribution in [0.1, 0.15) is 6.92 Å². The molecule has 4 rings (SSSR count). The molecule has 2 heterocycles. The number of para-hydroxylation sites is 1. The maximum Gasteiger partial charge on any atom is 0.413 e. The maximum absolute atomic E-state index is 13.1. The Morgan fingerprint density at radius 3 is 2.41 bits per heavy atom. The minimum Gasteiger partial charge on any atom is -0.450 e. The van der Waals surface area contributed by atoms with Crippen molar-refractivity contribution in [2.45, 2.75) is 13.5 Å². The molecule has 2 amide bonds. The van der Waals surface area contributed by atoms with E-state index in [1.54, 1.807) is 29.6 Å². The number of aromatic nitrogens is 4. The van der Waals surface area contributed by atoms with Crippen LogP contribution in [-0.2, 0) is 16.1 Å². The van der Waals surface area contributed by atoms with Crippen LogP contribution in [0.15, 0.2) is 66.9 Å². The van der Waals surface area contributed by atoms with Gasteiger partial charge < -0.3 is 9.64 Å². The molecule has 0 radical (unpaired) electrons. The Kier molecular flexibility index (Phi) is 6.07. The van der Waals surface area contributed by atoms with Crippen molar-refractivity contribution in [3.8, 4) is 11.4 Å². The second kappa shape index (κ2) is 9.25. The van der Waals surface area contributed by atoms with Crippen molar-refractivity contribution in [3.63, 3.8) is 0 Å². The lowest BCUT2D eigenvalue weighted by molar-refractivity contribution is -0.118. The molecular formula is C23H22N6O3. The standard InChI is InChI=1S/C23H22N6O3/c1-3-32-23(31)27-22-25-18-14-24-20(16-10-6-4-7-11-16)26-21(18)29(22)15-19(30)28(2)17-12-8-5-9-13-17/h4-14H,3,15H2,1-2H3,(H,25,27,31). The van der Waals surface area contributed by atoms with Crippen molar-refractivity contribution in [2.24, 2.45) is 0 Å². The van der Waals surface area contributed by atoms with Gasteiger partial charge in [0.2, 0.25) is 11.9 Å². The first-order chi connectivity index (χ1) is 15.6. The smallest absolute Gasteiger partial charge is 0.413 e. The number of carbonyl (C=O) groups is 2. The van der Waals surface area contributed by atoms with Gasteiger partial charge in [0.15, 0.2) is 11.5 Å². The number of anilines is 2. The summed E-state index contributed by atoms with van der Waals surface area (Å²) in [7, 11) is 1.69. The Morgan fingerprint density at radius 1 is 1.03 bits per heavy atom. The number of amides is 2. The summed E-state index contributed by atoms with van der Waals surface area (Å²) in [6.45, 7) is 1.83. The van der Waals surface area contributed by atoms with Gasteiger partial charge in [-0.15, -0.1) is 0 Å². The van der Waals surface area contributed by atoms with Crippen molar-refractivity contribution in [3.05, 3.63) is 66.9 Å². The van der Waals surface area contributed by atoms with Crippen LogP contribution in [0.25, 0.3) is 22.6 Å². The summed E-state index contributed by atoms with van der Waals surface area (Å²) >= 11 is 0. The molecule has 0 aliphatic rings. The molecule has 0 fully saturated rings. The zero-order chi connectivity index (χ0) is 22.5. The molecule has 0 bridgehead atoms. The first-order valence-corrected chi connectivity index (χ1v) is 10.1. The molecule has 162 valence electrons. The highest BCUT2D eigenvalue weighted by Gasteiger charge is 2.20. The number of likely N-dealkylation sites (N-methyl/N-ethyl adjacent to an activating group) is 1. The van der Waals surface area contributed by atoms with Crippen LogP contribution >= 0.6 is 0 Å². The third-order valence-electron chi connectivity index (χ3n) is 4.82. The summed E-state index contributed by atoms with van der Waals surface area (Å²) in [4.78, 5) is 40.1. The second-order valence-electron chi connectivity index (χ2n) is 6.92. The number of carbonyl (C=O) groups excluding carboxylic acids is 2. The molecule has 0 atom stereocenters. The van der Waals surface area contributed by atoms with E-state index >= 15 is 0 Å².